The van der Waals surface area contributed by atoms with E-state index in [2.05, 4.69) is 82.4 Å². The maximum atomic E-state index is 3.49. The van der Waals surface area contributed by atoms with Gasteiger partial charge in [0.15, 0.2) is 0 Å². The maximum Gasteiger partial charge on any atom is 0.0400 e. The van der Waals surface area contributed by atoms with E-state index in [9.17, 15) is 0 Å². The fourth-order valence-electron chi connectivity index (χ4n) is 2.46. The Kier molecular flexibility index (Phi) is 4.17. The van der Waals surface area contributed by atoms with E-state index in [4.69, 9.17) is 0 Å². The molecule has 0 aliphatic heterocycles. The molecule has 20 heavy (non-hydrogen) atoms. The van der Waals surface area contributed by atoms with E-state index < -0.39 is 0 Å². The molecule has 0 saturated heterocycles. The van der Waals surface area contributed by atoms with Gasteiger partial charge in [-0.05, 0) is 42.5 Å². The first kappa shape index (κ1) is 14.6. The smallest absolute Gasteiger partial charge is 0.0400 e. The molecule has 0 spiro atoms. The van der Waals surface area contributed by atoms with Crippen molar-refractivity contribution in [1.29, 1.82) is 0 Å². The summed E-state index contributed by atoms with van der Waals surface area (Å²) in [7, 11) is 0. The van der Waals surface area contributed by atoms with Gasteiger partial charge in [-0.1, -0.05) is 62.2 Å². The first-order chi connectivity index (χ1) is 9.34. The second kappa shape index (κ2) is 5.70. The average molecular weight is 267 g/mol. The topological polar surface area (TPSA) is 12.0 Å². The van der Waals surface area contributed by atoms with Gasteiger partial charge in [-0.15, -0.1) is 0 Å². The van der Waals surface area contributed by atoms with E-state index >= 15 is 0 Å². The largest absolute Gasteiger partial charge is 0.381 e. The molecule has 0 saturated carbocycles. The summed E-state index contributed by atoms with van der Waals surface area (Å²) in [5.41, 5.74) is 6.75. The molecular weight excluding hydrogens is 242 g/mol. The number of anilines is 1. The van der Waals surface area contributed by atoms with Crippen molar-refractivity contribution in [2.24, 2.45) is 0 Å². The standard InChI is InChI=1S/C19H25N/c1-14-10-15(2)12-16(11-14)13-20-18-8-6-17(7-9-18)19(3,4)5/h6-12,20H,13H2,1-5H3. The summed E-state index contributed by atoms with van der Waals surface area (Å²) in [6.45, 7) is 11.9. The second-order valence-electron chi connectivity index (χ2n) is 6.68. The molecule has 0 radical (unpaired) electrons. The van der Waals surface area contributed by atoms with E-state index in [1.54, 1.807) is 0 Å². The van der Waals surface area contributed by atoms with Crippen LogP contribution < -0.4 is 5.32 Å². The SMILES string of the molecule is Cc1cc(C)cc(CNc2ccc(C(C)(C)C)cc2)c1. The van der Waals surface area contributed by atoms with Gasteiger partial charge >= 0.3 is 0 Å². The van der Waals surface area contributed by atoms with Crippen LogP contribution in [0.15, 0.2) is 42.5 Å². The Labute approximate surface area is 123 Å². The van der Waals surface area contributed by atoms with Crippen LogP contribution in [0, 0.1) is 13.8 Å². The summed E-state index contributed by atoms with van der Waals surface area (Å²) >= 11 is 0. The lowest BCUT2D eigenvalue weighted by Crippen LogP contribution is -2.10. The van der Waals surface area contributed by atoms with Crippen molar-refractivity contribution in [3.8, 4) is 0 Å². The predicted molar refractivity (Wildman–Crippen MR) is 88.4 cm³/mol. The van der Waals surface area contributed by atoms with Gasteiger partial charge in [-0.25, -0.2) is 0 Å². The molecule has 0 heterocycles. The summed E-state index contributed by atoms with van der Waals surface area (Å²) in [4.78, 5) is 0. The Morgan fingerprint density at radius 1 is 0.850 bits per heavy atom. The zero-order chi connectivity index (χ0) is 14.8. The molecule has 106 valence electrons. The van der Waals surface area contributed by atoms with Gasteiger partial charge in [0, 0.05) is 12.2 Å². The van der Waals surface area contributed by atoms with Crippen molar-refractivity contribution in [1.82, 2.24) is 0 Å². The number of hydrogen-bond acceptors (Lipinski definition) is 1. The Hall–Kier alpha value is -1.76. The van der Waals surface area contributed by atoms with Crippen molar-refractivity contribution in [3.05, 3.63) is 64.7 Å². The van der Waals surface area contributed by atoms with Gasteiger partial charge in [0.05, 0.1) is 0 Å². The quantitative estimate of drug-likeness (QED) is 0.804. The van der Waals surface area contributed by atoms with Crippen LogP contribution in [0.1, 0.15) is 43.0 Å². The summed E-state index contributed by atoms with van der Waals surface area (Å²) in [6, 6.07) is 15.5. The summed E-state index contributed by atoms with van der Waals surface area (Å²) < 4.78 is 0. The Balaban J connectivity index is 2.04. The van der Waals surface area contributed by atoms with E-state index in [1.165, 1.54) is 27.9 Å². The van der Waals surface area contributed by atoms with Crippen LogP contribution in [0.25, 0.3) is 0 Å². The molecule has 1 N–H and O–H groups in total. The predicted octanol–water partition coefficient (Wildman–Crippen LogP) is 5.21. The molecule has 0 aromatic heterocycles. The van der Waals surface area contributed by atoms with Crippen LogP contribution in [-0.4, -0.2) is 0 Å². The van der Waals surface area contributed by atoms with Crippen molar-refractivity contribution >= 4 is 5.69 Å². The molecule has 0 bridgehead atoms. The highest BCUT2D eigenvalue weighted by atomic mass is 14.9. The molecular formula is C19H25N. The summed E-state index contributed by atoms with van der Waals surface area (Å²) in [5, 5.41) is 3.49. The fraction of sp³-hybridized carbons (Fsp3) is 0.368. The molecule has 0 aliphatic carbocycles. The second-order valence-corrected chi connectivity index (χ2v) is 6.68. The molecule has 2 aromatic rings. The highest BCUT2D eigenvalue weighted by molar-refractivity contribution is 5.46. The lowest BCUT2D eigenvalue weighted by atomic mass is 9.87. The highest BCUT2D eigenvalue weighted by Crippen LogP contribution is 2.23. The Morgan fingerprint density at radius 3 is 1.90 bits per heavy atom. The normalized spacial score (nSPS) is 11.4. The number of benzene rings is 2. The van der Waals surface area contributed by atoms with Crippen molar-refractivity contribution in [3.63, 3.8) is 0 Å². The number of aryl methyl sites for hydroxylation is 2. The van der Waals surface area contributed by atoms with Crippen LogP contribution in [-0.2, 0) is 12.0 Å². The molecule has 0 atom stereocenters. The van der Waals surface area contributed by atoms with Crippen LogP contribution in [0.4, 0.5) is 5.69 Å². The van der Waals surface area contributed by atoms with Gasteiger partial charge in [0.2, 0.25) is 0 Å². The van der Waals surface area contributed by atoms with Crippen molar-refractivity contribution < 1.29 is 0 Å². The minimum absolute atomic E-state index is 0.214. The van der Waals surface area contributed by atoms with Crippen LogP contribution in [0.3, 0.4) is 0 Å². The van der Waals surface area contributed by atoms with Crippen molar-refractivity contribution in [2.75, 3.05) is 5.32 Å². The molecule has 2 aromatic carbocycles. The minimum atomic E-state index is 0.214. The van der Waals surface area contributed by atoms with Gasteiger partial charge in [0.1, 0.15) is 0 Å². The molecule has 0 fully saturated rings. The monoisotopic (exact) mass is 267 g/mol. The summed E-state index contributed by atoms with van der Waals surface area (Å²) in [6.07, 6.45) is 0. The summed E-state index contributed by atoms with van der Waals surface area (Å²) in [5.74, 6) is 0. The molecule has 1 nitrogen and oxygen atoms in total. The fourth-order valence-corrected chi connectivity index (χ4v) is 2.46. The van der Waals surface area contributed by atoms with Crippen LogP contribution in [0.2, 0.25) is 0 Å². The lowest BCUT2D eigenvalue weighted by Gasteiger charge is -2.19. The third-order valence-corrected chi connectivity index (χ3v) is 3.53. The number of rotatable bonds is 3. The van der Waals surface area contributed by atoms with Crippen molar-refractivity contribution in [2.45, 2.75) is 46.6 Å². The van der Waals surface area contributed by atoms with Crippen LogP contribution in [0.5, 0.6) is 0 Å². The molecule has 2 rings (SSSR count). The van der Waals surface area contributed by atoms with Crippen LogP contribution >= 0.6 is 0 Å². The molecule has 0 unspecified atom stereocenters. The third kappa shape index (κ3) is 3.86. The Morgan fingerprint density at radius 2 is 1.40 bits per heavy atom. The van der Waals surface area contributed by atoms with E-state index in [0.717, 1.165) is 6.54 Å². The lowest BCUT2D eigenvalue weighted by molar-refractivity contribution is 0.590. The Bertz CT molecular complexity index is 553. The molecule has 0 amide bonds. The maximum absolute atomic E-state index is 3.49. The van der Waals surface area contributed by atoms with Gasteiger partial charge in [0.25, 0.3) is 0 Å². The highest BCUT2D eigenvalue weighted by Gasteiger charge is 2.12. The van der Waals surface area contributed by atoms with E-state index in [-0.39, 0.29) is 5.41 Å². The molecule has 1 heteroatoms. The first-order valence-electron chi connectivity index (χ1n) is 7.26. The zero-order valence-corrected chi connectivity index (χ0v) is 13.2. The van der Waals surface area contributed by atoms with Gasteiger partial charge in [-0.2, -0.15) is 0 Å². The third-order valence-electron chi connectivity index (χ3n) is 3.53. The van der Waals surface area contributed by atoms with Gasteiger partial charge in [-0.3, -0.25) is 0 Å². The average Bonchev–Trinajstić information content (AvgIpc) is 2.35. The minimum Gasteiger partial charge on any atom is -0.381 e. The van der Waals surface area contributed by atoms with E-state index in [0.29, 0.717) is 0 Å². The number of hydrogen-bond donors (Lipinski definition) is 1. The van der Waals surface area contributed by atoms with Gasteiger partial charge < -0.3 is 5.32 Å². The zero-order valence-electron chi connectivity index (χ0n) is 13.2. The first-order valence-corrected chi connectivity index (χ1v) is 7.26. The van der Waals surface area contributed by atoms with E-state index in [1.807, 2.05) is 0 Å². The number of nitrogens with one attached hydrogen (secondary N) is 1. The molecule has 0 aliphatic rings.